The van der Waals surface area contributed by atoms with E-state index in [1.54, 1.807) is 18.2 Å². The normalized spacial score (nSPS) is 12.2. The number of benzene rings is 2. The van der Waals surface area contributed by atoms with Gasteiger partial charge in [0.25, 0.3) is 0 Å². The number of aryl methyl sites for hydroxylation is 1. The number of carboxylic acids is 2. The lowest BCUT2D eigenvalue weighted by molar-refractivity contribution is -0.137. The SMILES string of the molecule is C=C/C(=C\C)COc1ccccc1CCC(CCCCC(=O)O)Cc1ccc(C(=O)O)cc1. The molecule has 2 aromatic carbocycles. The maximum Gasteiger partial charge on any atom is 0.335 e. The number of hydrogen-bond acceptors (Lipinski definition) is 3. The fourth-order valence-corrected chi connectivity index (χ4v) is 3.81. The lowest BCUT2D eigenvalue weighted by Crippen LogP contribution is -2.09. The van der Waals surface area contributed by atoms with E-state index in [2.05, 4.69) is 12.6 Å². The second-order valence-electron chi connectivity index (χ2n) is 8.21. The van der Waals surface area contributed by atoms with Crippen molar-refractivity contribution >= 4 is 11.9 Å². The Morgan fingerprint density at radius 2 is 1.76 bits per heavy atom. The molecule has 0 aliphatic rings. The molecule has 0 spiro atoms. The van der Waals surface area contributed by atoms with Crippen molar-refractivity contribution in [3.8, 4) is 5.75 Å². The first-order valence-corrected chi connectivity index (χ1v) is 11.4. The van der Waals surface area contributed by atoms with E-state index in [0.717, 1.165) is 54.6 Å². The summed E-state index contributed by atoms with van der Waals surface area (Å²) in [6.07, 6.45) is 9.03. The highest BCUT2D eigenvalue weighted by molar-refractivity contribution is 5.87. The number of hydrogen-bond donors (Lipinski definition) is 2. The molecule has 0 heterocycles. The van der Waals surface area contributed by atoms with Crippen molar-refractivity contribution in [1.82, 2.24) is 0 Å². The monoisotopic (exact) mass is 450 g/mol. The van der Waals surface area contributed by atoms with Crippen LogP contribution in [0.2, 0.25) is 0 Å². The molecule has 0 aliphatic heterocycles. The largest absolute Gasteiger partial charge is 0.489 e. The lowest BCUT2D eigenvalue weighted by atomic mass is 9.88. The number of carboxylic acid groups (broad SMARTS) is 2. The number of unbranched alkanes of at least 4 members (excludes halogenated alkanes) is 1. The Kier molecular flexibility index (Phi) is 10.9. The molecule has 0 fully saturated rings. The summed E-state index contributed by atoms with van der Waals surface area (Å²) in [6.45, 7) is 6.25. The average molecular weight is 451 g/mol. The fraction of sp³-hybridized carbons (Fsp3) is 0.357. The Hall–Kier alpha value is -3.34. The van der Waals surface area contributed by atoms with E-state index in [1.807, 2.05) is 43.3 Å². The molecular weight excluding hydrogens is 416 g/mol. The molecule has 2 N–H and O–H groups in total. The van der Waals surface area contributed by atoms with Crippen LogP contribution in [0.5, 0.6) is 5.75 Å². The van der Waals surface area contributed by atoms with Crippen molar-refractivity contribution in [2.75, 3.05) is 6.61 Å². The highest BCUT2D eigenvalue weighted by Gasteiger charge is 2.13. The van der Waals surface area contributed by atoms with Gasteiger partial charge >= 0.3 is 11.9 Å². The van der Waals surface area contributed by atoms with Crippen LogP contribution in [0.1, 0.15) is 60.5 Å². The summed E-state index contributed by atoms with van der Waals surface area (Å²) < 4.78 is 6.03. The second kappa shape index (κ2) is 13.9. The minimum atomic E-state index is -0.930. The van der Waals surface area contributed by atoms with Crippen LogP contribution in [0.3, 0.4) is 0 Å². The van der Waals surface area contributed by atoms with Gasteiger partial charge < -0.3 is 14.9 Å². The number of carbonyl (C=O) groups is 2. The Bertz CT molecular complexity index is 943. The zero-order valence-electron chi connectivity index (χ0n) is 19.3. The van der Waals surface area contributed by atoms with Gasteiger partial charge in [-0.1, -0.05) is 61.9 Å². The van der Waals surface area contributed by atoms with Crippen LogP contribution in [-0.4, -0.2) is 28.8 Å². The Morgan fingerprint density at radius 3 is 2.39 bits per heavy atom. The summed E-state index contributed by atoms with van der Waals surface area (Å²) in [6, 6.07) is 15.1. The van der Waals surface area contributed by atoms with Gasteiger partial charge in [-0.15, -0.1) is 0 Å². The van der Waals surface area contributed by atoms with Gasteiger partial charge in [-0.3, -0.25) is 4.79 Å². The highest BCUT2D eigenvalue weighted by Crippen LogP contribution is 2.26. The highest BCUT2D eigenvalue weighted by atomic mass is 16.5. The standard InChI is InChI=1S/C28H34O5/c1-3-21(4-2)20-33-26-11-7-6-10-24(26)16-13-22(9-5-8-12-27(29)30)19-23-14-17-25(18-15-23)28(31)32/h3-4,6-7,10-11,14-15,17-18,22H,1,5,8-9,12-13,16,19-20H2,2H3,(H,29,30)(H,31,32)/b21-4+. The third-order valence-corrected chi connectivity index (χ3v) is 5.80. The van der Waals surface area contributed by atoms with E-state index in [1.165, 1.54) is 0 Å². The molecule has 0 radical (unpaired) electrons. The second-order valence-corrected chi connectivity index (χ2v) is 8.21. The van der Waals surface area contributed by atoms with Gasteiger partial charge in [0.2, 0.25) is 0 Å². The van der Waals surface area contributed by atoms with E-state index in [9.17, 15) is 9.59 Å². The minimum Gasteiger partial charge on any atom is -0.489 e. The topological polar surface area (TPSA) is 83.8 Å². The van der Waals surface area contributed by atoms with Crippen molar-refractivity contribution in [3.05, 3.63) is 89.5 Å². The van der Waals surface area contributed by atoms with Gasteiger partial charge in [0.15, 0.2) is 0 Å². The van der Waals surface area contributed by atoms with Crippen LogP contribution >= 0.6 is 0 Å². The van der Waals surface area contributed by atoms with Gasteiger partial charge in [0.1, 0.15) is 12.4 Å². The van der Waals surface area contributed by atoms with Crippen LogP contribution in [0.4, 0.5) is 0 Å². The number of para-hydroxylation sites is 1. The Balaban J connectivity index is 2.05. The average Bonchev–Trinajstić information content (AvgIpc) is 2.81. The number of rotatable bonds is 15. The first-order chi connectivity index (χ1) is 15.9. The maximum absolute atomic E-state index is 11.1. The number of allylic oxidation sites excluding steroid dienone is 1. The number of ether oxygens (including phenoxy) is 1. The summed E-state index contributed by atoms with van der Waals surface area (Å²) in [7, 11) is 0. The predicted molar refractivity (Wildman–Crippen MR) is 131 cm³/mol. The van der Waals surface area contributed by atoms with E-state index in [-0.39, 0.29) is 12.0 Å². The molecule has 0 aromatic heterocycles. The van der Waals surface area contributed by atoms with Crippen molar-refractivity contribution in [2.24, 2.45) is 5.92 Å². The molecule has 0 saturated carbocycles. The fourth-order valence-electron chi connectivity index (χ4n) is 3.81. The smallest absolute Gasteiger partial charge is 0.335 e. The molecule has 1 atom stereocenters. The molecule has 0 amide bonds. The number of aliphatic carboxylic acids is 1. The molecule has 2 rings (SSSR count). The van der Waals surface area contributed by atoms with E-state index < -0.39 is 11.9 Å². The lowest BCUT2D eigenvalue weighted by Gasteiger charge is -2.19. The van der Waals surface area contributed by atoms with Crippen LogP contribution in [0.25, 0.3) is 0 Å². The predicted octanol–water partition coefficient (Wildman–Crippen LogP) is 6.33. The van der Waals surface area contributed by atoms with Crippen LogP contribution in [0.15, 0.2) is 72.8 Å². The molecule has 0 aliphatic carbocycles. The van der Waals surface area contributed by atoms with E-state index in [0.29, 0.717) is 18.9 Å². The van der Waals surface area contributed by atoms with Crippen LogP contribution in [0, 0.1) is 5.92 Å². The van der Waals surface area contributed by atoms with Crippen LogP contribution in [-0.2, 0) is 17.6 Å². The van der Waals surface area contributed by atoms with Gasteiger partial charge in [0, 0.05) is 6.42 Å². The van der Waals surface area contributed by atoms with Crippen molar-refractivity contribution in [1.29, 1.82) is 0 Å². The van der Waals surface area contributed by atoms with Crippen molar-refractivity contribution in [3.63, 3.8) is 0 Å². The molecule has 5 nitrogen and oxygen atoms in total. The summed E-state index contributed by atoms with van der Waals surface area (Å²) in [5.74, 6) is -0.459. The third kappa shape index (κ3) is 9.36. The zero-order valence-corrected chi connectivity index (χ0v) is 19.3. The molecule has 33 heavy (non-hydrogen) atoms. The molecule has 1 unspecified atom stereocenters. The van der Waals surface area contributed by atoms with Gasteiger partial charge in [-0.2, -0.15) is 0 Å². The quantitative estimate of drug-likeness (QED) is 0.245. The van der Waals surface area contributed by atoms with Crippen molar-refractivity contribution < 1.29 is 24.5 Å². The van der Waals surface area contributed by atoms with Crippen LogP contribution < -0.4 is 4.74 Å². The molecule has 176 valence electrons. The third-order valence-electron chi connectivity index (χ3n) is 5.80. The molecule has 2 aromatic rings. The van der Waals surface area contributed by atoms with Crippen molar-refractivity contribution in [2.45, 2.75) is 51.9 Å². The van der Waals surface area contributed by atoms with Gasteiger partial charge in [-0.05, 0) is 73.4 Å². The van der Waals surface area contributed by atoms with Gasteiger partial charge in [-0.25, -0.2) is 4.79 Å². The summed E-state index contributed by atoms with van der Waals surface area (Å²) >= 11 is 0. The maximum atomic E-state index is 11.1. The number of aromatic carboxylic acids is 1. The first kappa shape index (κ1) is 25.9. The summed E-state index contributed by atoms with van der Waals surface area (Å²) in [5.41, 5.74) is 3.55. The van der Waals surface area contributed by atoms with E-state index >= 15 is 0 Å². The Labute approximate surface area is 196 Å². The molecular formula is C28H34O5. The van der Waals surface area contributed by atoms with Gasteiger partial charge in [0.05, 0.1) is 5.56 Å². The molecule has 0 saturated heterocycles. The Morgan fingerprint density at radius 1 is 1.03 bits per heavy atom. The molecule has 0 bridgehead atoms. The minimum absolute atomic E-state index is 0.188. The first-order valence-electron chi connectivity index (χ1n) is 11.4. The summed E-state index contributed by atoms with van der Waals surface area (Å²) in [5, 5.41) is 18.0. The summed E-state index contributed by atoms with van der Waals surface area (Å²) in [4.78, 5) is 22.0. The zero-order chi connectivity index (χ0) is 24.1. The molecule has 5 heteroatoms. The van der Waals surface area contributed by atoms with E-state index in [4.69, 9.17) is 14.9 Å².